The maximum Gasteiger partial charge on any atom is 0.246 e. The molecule has 6 heteroatoms. The first-order chi connectivity index (χ1) is 9.67. The Bertz CT molecular complexity index is 594. The standard InChI is InChI=1S/C14H16FN3O2/c15-10-5-1-2-6-11(10)19-9-12-17-13(20-18-12)14(16)7-3-4-8-14/h1-2,5-6H,3-4,7-9,16H2. The van der Waals surface area contributed by atoms with Crippen LogP contribution >= 0.6 is 0 Å². The first kappa shape index (κ1) is 13.1. The fourth-order valence-electron chi connectivity index (χ4n) is 2.44. The summed E-state index contributed by atoms with van der Waals surface area (Å²) in [6, 6.07) is 6.20. The third kappa shape index (κ3) is 2.51. The Morgan fingerprint density at radius 2 is 2.05 bits per heavy atom. The van der Waals surface area contributed by atoms with Crippen LogP contribution in [0.2, 0.25) is 0 Å². The lowest BCUT2D eigenvalue weighted by Crippen LogP contribution is -2.33. The molecule has 1 aliphatic rings. The summed E-state index contributed by atoms with van der Waals surface area (Å²) in [7, 11) is 0. The van der Waals surface area contributed by atoms with Gasteiger partial charge in [-0.15, -0.1) is 0 Å². The van der Waals surface area contributed by atoms with E-state index in [2.05, 4.69) is 10.1 Å². The molecule has 1 fully saturated rings. The molecule has 0 saturated heterocycles. The van der Waals surface area contributed by atoms with E-state index in [1.54, 1.807) is 18.2 Å². The van der Waals surface area contributed by atoms with Gasteiger partial charge >= 0.3 is 0 Å². The summed E-state index contributed by atoms with van der Waals surface area (Å²) in [6.45, 7) is 0.0561. The van der Waals surface area contributed by atoms with E-state index in [9.17, 15) is 4.39 Å². The summed E-state index contributed by atoms with van der Waals surface area (Å²) in [5.41, 5.74) is 5.72. The summed E-state index contributed by atoms with van der Waals surface area (Å²) in [5, 5.41) is 3.84. The van der Waals surface area contributed by atoms with E-state index in [1.807, 2.05) is 0 Å². The van der Waals surface area contributed by atoms with Gasteiger partial charge in [0.1, 0.15) is 0 Å². The zero-order valence-electron chi connectivity index (χ0n) is 11.0. The van der Waals surface area contributed by atoms with E-state index < -0.39 is 11.4 Å². The van der Waals surface area contributed by atoms with Gasteiger partial charge in [0.05, 0.1) is 5.54 Å². The Labute approximate surface area is 115 Å². The minimum atomic E-state index is -0.511. The summed E-state index contributed by atoms with van der Waals surface area (Å²) < 4.78 is 23.9. The van der Waals surface area contributed by atoms with Crippen LogP contribution in [-0.4, -0.2) is 10.1 Å². The average molecular weight is 277 g/mol. The van der Waals surface area contributed by atoms with Crippen LogP contribution in [0.1, 0.15) is 37.4 Å². The maximum absolute atomic E-state index is 13.4. The third-order valence-electron chi connectivity index (χ3n) is 3.58. The largest absolute Gasteiger partial charge is 0.482 e. The van der Waals surface area contributed by atoms with Crippen molar-refractivity contribution in [3.8, 4) is 5.75 Å². The van der Waals surface area contributed by atoms with Crippen LogP contribution in [0.4, 0.5) is 4.39 Å². The molecular formula is C14H16FN3O2. The molecule has 1 aromatic heterocycles. The van der Waals surface area contributed by atoms with Crippen LogP contribution in [0.3, 0.4) is 0 Å². The molecule has 0 radical (unpaired) electrons. The van der Waals surface area contributed by atoms with Gasteiger partial charge in [-0.2, -0.15) is 4.98 Å². The molecule has 1 aromatic carbocycles. The lowest BCUT2D eigenvalue weighted by atomic mass is 9.99. The normalized spacial score (nSPS) is 17.3. The van der Waals surface area contributed by atoms with E-state index in [0.29, 0.717) is 11.7 Å². The molecule has 1 aliphatic carbocycles. The first-order valence-corrected chi connectivity index (χ1v) is 6.67. The molecule has 0 spiro atoms. The van der Waals surface area contributed by atoms with Crippen molar-refractivity contribution in [1.29, 1.82) is 0 Å². The van der Waals surface area contributed by atoms with Gasteiger partial charge in [0, 0.05) is 0 Å². The van der Waals surface area contributed by atoms with Gasteiger partial charge in [-0.1, -0.05) is 30.1 Å². The topological polar surface area (TPSA) is 74.2 Å². The molecule has 1 heterocycles. The number of aromatic nitrogens is 2. The number of ether oxygens (including phenoxy) is 1. The molecule has 106 valence electrons. The average Bonchev–Trinajstić information content (AvgIpc) is 3.08. The second-order valence-electron chi connectivity index (χ2n) is 5.10. The highest BCUT2D eigenvalue weighted by atomic mass is 19.1. The highest BCUT2D eigenvalue weighted by molar-refractivity contribution is 5.23. The van der Waals surface area contributed by atoms with Crippen LogP contribution in [0.25, 0.3) is 0 Å². The summed E-state index contributed by atoms with van der Waals surface area (Å²) in [5.74, 6) is 0.576. The van der Waals surface area contributed by atoms with Gasteiger partial charge in [0.15, 0.2) is 18.2 Å². The predicted molar refractivity (Wildman–Crippen MR) is 69.4 cm³/mol. The van der Waals surface area contributed by atoms with Crippen molar-refractivity contribution in [2.75, 3.05) is 0 Å². The van der Waals surface area contributed by atoms with E-state index in [-0.39, 0.29) is 12.4 Å². The number of hydrogen-bond acceptors (Lipinski definition) is 5. The lowest BCUT2D eigenvalue weighted by Gasteiger charge is -2.17. The molecule has 5 nitrogen and oxygen atoms in total. The molecule has 0 unspecified atom stereocenters. The first-order valence-electron chi connectivity index (χ1n) is 6.67. The number of halogens is 1. The number of nitrogens with zero attached hydrogens (tertiary/aromatic N) is 2. The zero-order chi connectivity index (χ0) is 14.0. The second kappa shape index (κ2) is 5.20. The summed E-state index contributed by atoms with van der Waals surface area (Å²) >= 11 is 0. The fourth-order valence-corrected chi connectivity index (χ4v) is 2.44. The smallest absolute Gasteiger partial charge is 0.246 e. The van der Waals surface area contributed by atoms with Crippen molar-refractivity contribution in [1.82, 2.24) is 10.1 Å². The van der Waals surface area contributed by atoms with Crippen LogP contribution in [-0.2, 0) is 12.1 Å². The Hall–Kier alpha value is -1.95. The predicted octanol–water partition coefficient (Wildman–Crippen LogP) is 2.52. The van der Waals surface area contributed by atoms with Crippen LogP contribution in [0.5, 0.6) is 5.75 Å². The number of rotatable bonds is 4. The Morgan fingerprint density at radius 3 is 2.80 bits per heavy atom. The van der Waals surface area contributed by atoms with Crippen LogP contribution in [0, 0.1) is 5.82 Å². The second-order valence-corrected chi connectivity index (χ2v) is 5.10. The quantitative estimate of drug-likeness (QED) is 0.929. The van der Waals surface area contributed by atoms with Gasteiger partial charge < -0.3 is 15.0 Å². The van der Waals surface area contributed by atoms with E-state index >= 15 is 0 Å². The molecule has 2 aromatic rings. The molecule has 1 saturated carbocycles. The van der Waals surface area contributed by atoms with Crippen molar-refractivity contribution in [3.63, 3.8) is 0 Å². The van der Waals surface area contributed by atoms with Crippen molar-refractivity contribution < 1.29 is 13.7 Å². The van der Waals surface area contributed by atoms with Crippen LogP contribution < -0.4 is 10.5 Å². The van der Waals surface area contributed by atoms with E-state index in [1.165, 1.54) is 6.07 Å². The van der Waals surface area contributed by atoms with E-state index in [0.717, 1.165) is 25.7 Å². The number of hydrogen-bond donors (Lipinski definition) is 1. The monoisotopic (exact) mass is 277 g/mol. The minimum absolute atomic E-state index is 0.0561. The molecule has 2 N–H and O–H groups in total. The van der Waals surface area contributed by atoms with Gasteiger partial charge in [-0.3, -0.25) is 0 Å². The van der Waals surface area contributed by atoms with Crippen LogP contribution in [0.15, 0.2) is 28.8 Å². The zero-order valence-corrected chi connectivity index (χ0v) is 11.0. The maximum atomic E-state index is 13.4. The Morgan fingerprint density at radius 1 is 1.30 bits per heavy atom. The Kier molecular flexibility index (Phi) is 3.40. The molecule has 0 amide bonds. The van der Waals surface area contributed by atoms with Gasteiger partial charge in [0.25, 0.3) is 0 Å². The van der Waals surface area contributed by atoms with Gasteiger partial charge in [-0.05, 0) is 25.0 Å². The number of benzene rings is 1. The minimum Gasteiger partial charge on any atom is -0.482 e. The van der Waals surface area contributed by atoms with Crippen molar-refractivity contribution in [2.24, 2.45) is 5.73 Å². The molecule has 3 rings (SSSR count). The summed E-state index contributed by atoms with van der Waals surface area (Å²) in [6.07, 6.45) is 3.84. The SMILES string of the molecule is NC1(c2nc(COc3ccccc3F)no2)CCCC1. The Balaban J connectivity index is 1.67. The van der Waals surface area contributed by atoms with Crippen molar-refractivity contribution >= 4 is 0 Å². The van der Waals surface area contributed by atoms with Gasteiger partial charge in [0.2, 0.25) is 11.7 Å². The van der Waals surface area contributed by atoms with E-state index in [4.69, 9.17) is 15.0 Å². The number of nitrogens with two attached hydrogens (primary N) is 1. The van der Waals surface area contributed by atoms with Crippen molar-refractivity contribution in [3.05, 3.63) is 41.8 Å². The lowest BCUT2D eigenvalue weighted by molar-refractivity contribution is 0.263. The molecule has 0 atom stereocenters. The summed E-state index contributed by atoms with van der Waals surface area (Å²) in [4.78, 5) is 4.26. The highest BCUT2D eigenvalue weighted by Crippen LogP contribution is 2.35. The fraction of sp³-hybridized carbons (Fsp3) is 0.429. The van der Waals surface area contributed by atoms with Crippen molar-refractivity contribution in [2.45, 2.75) is 37.8 Å². The molecule has 20 heavy (non-hydrogen) atoms. The number of para-hydroxylation sites is 1. The molecular weight excluding hydrogens is 261 g/mol. The highest BCUT2D eigenvalue weighted by Gasteiger charge is 2.36. The molecule has 0 aliphatic heterocycles. The van der Waals surface area contributed by atoms with Gasteiger partial charge in [-0.25, -0.2) is 4.39 Å². The third-order valence-corrected chi connectivity index (χ3v) is 3.58. The molecule has 0 bridgehead atoms.